The molecule has 6 heteroatoms. The molecule has 146 valence electrons. The zero-order valence-corrected chi connectivity index (χ0v) is 16.2. The standard InChI is InChI=1S/C24H19N5O/c30-24-23-17(4-3-5-19(23)16-7-8-20-21(12-16)26-15-25-20)13-29(24)11-9-18-14-28-10-2-1-6-22(28)27-18/h1-8,10,12,14-15H,9,11,13H2,(H,25,26). The normalized spacial score (nSPS) is 13.5. The Labute approximate surface area is 172 Å². The van der Waals surface area contributed by atoms with Gasteiger partial charge in [0, 0.05) is 31.9 Å². The lowest BCUT2D eigenvalue weighted by Crippen LogP contribution is -2.26. The highest BCUT2D eigenvalue weighted by Crippen LogP contribution is 2.33. The van der Waals surface area contributed by atoms with Gasteiger partial charge in [-0.2, -0.15) is 0 Å². The molecule has 6 nitrogen and oxygen atoms in total. The Morgan fingerprint density at radius 3 is 2.97 bits per heavy atom. The second-order valence-electron chi connectivity index (χ2n) is 7.65. The summed E-state index contributed by atoms with van der Waals surface area (Å²) in [6, 6.07) is 18.1. The summed E-state index contributed by atoms with van der Waals surface area (Å²) >= 11 is 0. The van der Waals surface area contributed by atoms with Crippen LogP contribution in [0, 0.1) is 0 Å². The molecule has 4 heterocycles. The lowest BCUT2D eigenvalue weighted by molar-refractivity contribution is 0.0780. The van der Waals surface area contributed by atoms with E-state index in [4.69, 9.17) is 0 Å². The maximum absolute atomic E-state index is 13.3. The number of aromatic amines is 1. The van der Waals surface area contributed by atoms with E-state index in [0.29, 0.717) is 13.1 Å². The third kappa shape index (κ3) is 2.69. The number of benzene rings is 2. The summed E-state index contributed by atoms with van der Waals surface area (Å²) in [6.45, 7) is 1.29. The molecule has 2 aromatic carbocycles. The quantitative estimate of drug-likeness (QED) is 0.500. The molecule has 6 rings (SSSR count). The minimum atomic E-state index is 0.0917. The van der Waals surface area contributed by atoms with Crippen molar-refractivity contribution in [1.29, 1.82) is 0 Å². The van der Waals surface area contributed by atoms with Crippen molar-refractivity contribution >= 4 is 22.6 Å². The molecular weight excluding hydrogens is 374 g/mol. The molecular formula is C24H19N5O. The second kappa shape index (κ2) is 6.56. The highest BCUT2D eigenvalue weighted by molar-refractivity contribution is 6.05. The molecule has 0 aliphatic carbocycles. The average molecular weight is 393 g/mol. The summed E-state index contributed by atoms with van der Waals surface area (Å²) in [6.07, 6.45) is 6.45. The van der Waals surface area contributed by atoms with Crippen molar-refractivity contribution in [2.24, 2.45) is 0 Å². The van der Waals surface area contributed by atoms with Crippen LogP contribution in [0.4, 0.5) is 0 Å². The number of amides is 1. The Bertz CT molecular complexity index is 1380. The first kappa shape index (κ1) is 17.0. The van der Waals surface area contributed by atoms with Crippen LogP contribution in [0.1, 0.15) is 21.6 Å². The molecule has 0 saturated heterocycles. The summed E-state index contributed by atoms with van der Waals surface area (Å²) < 4.78 is 2.01. The highest BCUT2D eigenvalue weighted by Gasteiger charge is 2.30. The lowest BCUT2D eigenvalue weighted by Gasteiger charge is -2.15. The van der Waals surface area contributed by atoms with Crippen LogP contribution in [0.2, 0.25) is 0 Å². The fraction of sp³-hybridized carbons (Fsp3) is 0.125. The van der Waals surface area contributed by atoms with E-state index < -0.39 is 0 Å². The van der Waals surface area contributed by atoms with Gasteiger partial charge < -0.3 is 14.3 Å². The largest absolute Gasteiger partial charge is 0.345 e. The molecule has 0 bridgehead atoms. The van der Waals surface area contributed by atoms with Crippen molar-refractivity contribution in [2.75, 3.05) is 6.54 Å². The molecule has 0 radical (unpaired) electrons. The Kier molecular flexibility index (Phi) is 3.71. The molecule has 0 fully saturated rings. The first-order chi connectivity index (χ1) is 14.8. The maximum atomic E-state index is 13.3. The molecule has 0 spiro atoms. The van der Waals surface area contributed by atoms with Crippen LogP contribution in [-0.4, -0.2) is 36.7 Å². The number of carbonyl (C=O) groups excluding carboxylic acids is 1. The molecule has 1 N–H and O–H groups in total. The van der Waals surface area contributed by atoms with Crippen molar-refractivity contribution in [2.45, 2.75) is 13.0 Å². The zero-order chi connectivity index (χ0) is 20.1. The van der Waals surface area contributed by atoms with Gasteiger partial charge in [0.15, 0.2) is 0 Å². The van der Waals surface area contributed by atoms with Gasteiger partial charge in [-0.25, -0.2) is 9.97 Å². The van der Waals surface area contributed by atoms with E-state index in [1.807, 2.05) is 64.2 Å². The molecule has 1 aliphatic rings. The summed E-state index contributed by atoms with van der Waals surface area (Å²) in [5, 5.41) is 0. The second-order valence-corrected chi connectivity index (χ2v) is 7.65. The van der Waals surface area contributed by atoms with Crippen LogP contribution in [0.15, 0.2) is 73.3 Å². The van der Waals surface area contributed by atoms with Crippen LogP contribution in [-0.2, 0) is 13.0 Å². The number of H-pyrrole nitrogens is 1. The molecule has 3 aromatic heterocycles. The number of imidazole rings is 2. The molecule has 1 aliphatic heterocycles. The number of rotatable bonds is 4. The first-order valence-corrected chi connectivity index (χ1v) is 10.0. The highest BCUT2D eigenvalue weighted by atomic mass is 16.2. The number of hydrogen-bond donors (Lipinski definition) is 1. The molecule has 0 unspecified atom stereocenters. The first-order valence-electron chi connectivity index (χ1n) is 10.0. The maximum Gasteiger partial charge on any atom is 0.255 e. The van der Waals surface area contributed by atoms with E-state index in [2.05, 4.69) is 27.1 Å². The summed E-state index contributed by atoms with van der Waals surface area (Å²) in [5.41, 5.74) is 7.72. The molecule has 1 amide bonds. The molecule has 0 saturated carbocycles. The van der Waals surface area contributed by atoms with E-state index in [9.17, 15) is 4.79 Å². The third-order valence-corrected chi connectivity index (χ3v) is 5.80. The van der Waals surface area contributed by atoms with Crippen LogP contribution >= 0.6 is 0 Å². The van der Waals surface area contributed by atoms with Gasteiger partial charge in [-0.1, -0.05) is 30.3 Å². The van der Waals surface area contributed by atoms with Gasteiger partial charge >= 0.3 is 0 Å². The Hall–Kier alpha value is -3.93. The fourth-order valence-electron chi connectivity index (χ4n) is 4.30. The van der Waals surface area contributed by atoms with E-state index in [-0.39, 0.29) is 5.91 Å². The van der Waals surface area contributed by atoms with E-state index >= 15 is 0 Å². The van der Waals surface area contributed by atoms with Crippen LogP contribution < -0.4 is 0 Å². The number of nitrogens with one attached hydrogen (secondary N) is 1. The van der Waals surface area contributed by atoms with Crippen molar-refractivity contribution in [3.63, 3.8) is 0 Å². The number of fused-ring (bicyclic) bond motifs is 3. The van der Waals surface area contributed by atoms with Crippen LogP contribution in [0.25, 0.3) is 27.8 Å². The topological polar surface area (TPSA) is 66.3 Å². The number of pyridine rings is 1. The van der Waals surface area contributed by atoms with Crippen molar-refractivity contribution in [3.05, 3.63) is 90.1 Å². The monoisotopic (exact) mass is 393 g/mol. The average Bonchev–Trinajstić information content (AvgIpc) is 3.48. The number of nitrogens with zero attached hydrogens (tertiary/aromatic N) is 4. The van der Waals surface area contributed by atoms with E-state index in [1.54, 1.807) is 6.33 Å². The Balaban J connectivity index is 1.28. The van der Waals surface area contributed by atoms with Gasteiger partial charge in [-0.3, -0.25) is 4.79 Å². The van der Waals surface area contributed by atoms with Gasteiger partial charge in [-0.05, 0) is 41.0 Å². The number of carbonyl (C=O) groups is 1. The van der Waals surface area contributed by atoms with Crippen molar-refractivity contribution < 1.29 is 4.79 Å². The van der Waals surface area contributed by atoms with Gasteiger partial charge in [0.05, 0.1) is 28.6 Å². The molecule has 0 atom stereocenters. The van der Waals surface area contributed by atoms with E-state index in [1.165, 1.54) is 0 Å². The number of hydrogen-bond acceptors (Lipinski definition) is 3. The van der Waals surface area contributed by atoms with Crippen molar-refractivity contribution in [1.82, 2.24) is 24.3 Å². The Morgan fingerprint density at radius 2 is 2.03 bits per heavy atom. The summed E-state index contributed by atoms with van der Waals surface area (Å²) in [4.78, 5) is 27.3. The predicted molar refractivity (Wildman–Crippen MR) is 115 cm³/mol. The molecule has 5 aromatic rings. The Morgan fingerprint density at radius 1 is 1.07 bits per heavy atom. The minimum absolute atomic E-state index is 0.0917. The minimum Gasteiger partial charge on any atom is -0.345 e. The number of aromatic nitrogens is 4. The predicted octanol–water partition coefficient (Wildman–Crippen LogP) is 4.08. The zero-order valence-electron chi connectivity index (χ0n) is 16.2. The van der Waals surface area contributed by atoms with Crippen molar-refractivity contribution in [3.8, 4) is 11.1 Å². The summed E-state index contributed by atoms with van der Waals surface area (Å²) in [7, 11) is 0. The van der Waals surface area contributed by atoms with Gasteiger partial charge in [0.2, 0.25) is 0 Å². The van der Waals surface area contributed by atoms with Gasteiger partial charge in [-0.15, -0.1) is 0 Å². The van der Waals surface area contributed by atoms with Crippen LogP contribution in [0.5, 0.6) is 0 Å². The smallest absolute Gasteiger partial charge is 0.255 e. The summed E-state index contributed by atoms with van der Waals surface area (Å²) in [5.74, 6) is 0.0917. The SMILES string of the molecule is O=C1c2c(cccc2-c2ccc3nc[nH]c3c2)CN1CCc1cn2ccccc2n1. The fourth-order valence-corrected chi connectivity index (χ4v) is 4.30. The van der Waals surface area contributed by atoms with Crippen LogP contribution in [0.3, 0.4) is 0 Å². The lowest BCUT2D eigenvalue weighted by atomic mass is 9.96. The van der Waals surface area contributed by atoms with E-state index in [0.717, 1.165) is 51.0 Å². The molecule has 30 heavy (non-hydrogen) atoms. The van der Waals surface area contributed by atoms with Gasteiger partial charge in [0.25, 0.3) is 5.91 Å². The third-order valence-electron chi connectivity index (χ3n) is 5.80. The van der Waals surface area contributed by atoms with Gasteiger partial charge in [0.1, 0.15) is 5.65 Å².